The number of carbonyl (C=O) groups is 1. The molecule has 1 aromatic heterocycles. The first kappa shape index (κ1) is 14.4. The molecule has 1 aliphatic heterocycles. The number of aromatic amines is 1. The van der Waals surface area contributed by atoms with Crippen LogP contribution in [0.4, 0.5) is 5.69 Å². The van der Waals surface area contributed by atoms with Crippen LogP contribution < -0.4 is 9.64 Å². The van der Waals surface area contributed by atoms with Crippen molar-refractivity contribution in [2.24, 2.45) is 0 Å². The second-order valence-electron chi connectivity index (χ2n) is 5.26. The van der Waals surface area contributed by atoms with Gasteiger partial charge in [0.25, 0.3) is 0 Å². The van der Waals surface area contributed by atoms with Gasteiger partial charge in [-0.05, 0) is 29.8 Å². The molecule has 1 N–H and O–H groups in total. The number of aromatic nitrogens is 2. The molecule has 1 aliphatic rings. The van der Waals surface area contributed by atoms with Crippen LogP contribution in [-0.4, -0.2) is 29.5 Å². The molecule has 0 fully saturated rings. The largest absolute Gasteiger partial charge is 0.493 e. The lowest BCUT2D eigenvalue weighted by Gasteiger charge is -2.23. The van der Waals surface area contributed by atoms with Crippen LogP contribution in [-0.2, 0) is 4.79 Å². The summed E-state index contributed by atoms with van der Waals surface area (Å²) in [6, 6.07) is 5.87. The summed E-state index contributed by atoms with van der Waals surface area (Å²) in [4.78, 5) is 20.7. The van der Waals surface area contributed by atoms with Crippen molar-refractivity contribution in [1.82, 2.24) is 9.97 Å². The van der Waals surface area contributed by atoms with Crippen molar-refractivity contribution < 1.29 is 9.53 Å². The third-order valence-corrected chi connectivity index (χ3v) is 3.85. The van der Waals surface area contributed by atoms with Crippen molar-refractivity contribution in [3.8, 4) is 5.75 Å². The van der Waals surface area contributed by atoms with Crippen molar-refractivity contribution in [2.75, 3.05) is 18.6 Å². The van der Waals surface area contributed by atoms with Crippen molar-refractivity contribution in [1.29, 1.82) is 0 Å². The molecule has 0 radical (unpaired) electrons. The number of nitrogens with zero attached hydrogens (tertiary/aromatic N) is 2. The van der Waals surface area contributed by atoms with E-state index in [4.69, 9.17) is 4.74 Å². The van der Waals surface area contributed by atoms with Crippen LogP contribution >= 0.6 is 0 Å². The molecule has 0 unspecified atom stereocenters. The number of anilines is 1. The molecule has 22 heavy (non-hydrogen) atoms. The fourth-order valence-electron chi connectivity index (χ4n) is 2.57. The number of carbonyl (C=O) groups excluding carboxylic acids is 1. The maximum absolute atomic E-state index is 11.9. The monoisotopic (exact) mass is 297 g/mol. The van der Waals surface area contributed by atoms with Crippen LogP contribution in [0.25, 0.3) is 11.6 Å². The zero-order valence-electron chi connectivity index (χ0n) is 12.8. The number of nitrogens with one attached hydrogen (secondary N) is 1. The molecule has 5 nitrogen and oxygen atoms in total. The number of ether oxygens (including phenoxy) is 1. The molecule has 0 spiro atoms. The topological polar surface area (TPSA) is 58.2 Å². The predicted octanol–water partition coefficient (Wildman–Crippen LogP) is 3.11. The van der Waals surface area contributed by atoms with E-state index in [1.54, 1.807) is 24.5 Å². The Labute approximate surface area is 129 Å². The van der Waals surface area contributed by atoms with E-state index in [2.05, 4.69) is 16.0 Å². The van der Waals surface area contributed by atoms with Gasteiger partial charge in [0, 0.05) is 31.1 Å². The zero-order valence-corrected chi connectivity index (χ0v) is 12.8. The van der Waals surface area contributed by atoms with Gasteiger partial charge in [-0.15, -0.1) is 0 Å². The number of rotatable bonds is 3. The van der Waals surface area contributed by atoms with Crippen LogP contribution in [0.5, 0.6) is 5.75 Å². The van der Waals surface area contributed by atoms with Gasteiger partial charge in [-0.3, -0.25) is 4.79 Å². The minimum absolute atomic E-state index is 0.0933. The number of H-pyrrole nitrogens is 1. The van der Waals surface area contributed by atoms with Crippen molar-refractivity contribution >= 4 is 23.2 Å². The van der Waals surface area contributed by atoms with E-state index >= 15 is 0 Å². The molecule has 1 aromatic carbocycles. The van der Waals surface area contributed by atoms with Gasteiger partial charge in [0.2, 0.25) is 5.91 Å². The Bertz CT molecular complexity index is 705. The minimum atomic E-state index is 0.0933. The minimum Gasteiger partial charge on any atom is -0.493 e. The van der Waals surface area contributed by atoms with Crippen LogP contribution in [0, 0.1) is 0 Å². The molecule has 114 valence electrons. The molecule has 0 saturated heterocycles. The van der Waals surface area contributed by atoms with E-state index in [9.17, 15) is 4.79 Å². The second-order valence-corrected chi connectivity index (χ2v) is 5.26. The average Bonchev–Trinajstić information content (AvgIpc) is 3.06. The van der Waals surface area contributed by atoms with Crippen LogP contribution in [0.1, 0.15) is 31.0 Å². The molecular formula is C17H19N3O2. The van der Waals surface area contributed by atoms with Gasteiger partial charge >= 0.3 is 0 Å². The van der Waals surface area contributed by atoms with Crippen molar-refractivity contribution in [3.63, 3.8) is 0 Å². The third-order valence-electron chi connectivity index (χ3n) is 3.85. The normalized spacial score (nSPS) is 15.3. The molecule has 2 heterocycles. The first-order chi connectivity index (χ1) is 10.7. The Morgan fingerprint density at radius 2 is 2.36 bits per heavy atom. The SMILES string of the molecule is CCC(=O)N(C)c1ccc2c(c1)C(=Cc1cnc[nH]1)CCO2. The highest BCUT2D eigenvalue weighted by molar-refractivity contribution is 5.94. The number of imidazole rings is 1. The highest BCUT2D eigenvalue weighted by Crippen LogP contribution is 2.36. The van der Waals surface area contributed by atoms with E-state index < -0.39 is 0 Å². The highest BCUT2D eigenvalue weighted by atomic mass is 16.5. The van der Waals surface area contributed by atoms with Gasteiger partial charge < -0.3 is 14.6 Å². The predicted molar refractivity (Wildman–Crippen MR) is 86.7 cm³/mol. The number of hydrogen-bond donors (Lipinski definition) is 1. The standard InChI is InChI=1S/C17H19N3O2/c1-3-17(21)20(2)14-4-5-16-15(9-14)12(6-7-22-16)8-13-10-18-11-19-13/h4-5,8-11H,3,6-7H2,1-2H3,(H,18,19). The van der Waals surface area contributed by atoms with Gasteiger partial charge in [-0.2, -0.15) is 0 Å². The summed E-state index contributed by atoms with van der Waals surface area (Å²) in [5.41, 5.74) is 4.07. The average molecular weight is 297 g/mol. The van der Waals surface area contributed by atoms with Gasteiger partial charge in [-0.1, -0.05) is 6.92 Å². The van der Waals surface area contributed by atoms with Gasteiger partial charge in [0.05, 0.1) is 24.8 Å². The van der Waals surface area contributed by atoms with Gasteiger partial charge in [-0.25, -0.2) is 4.98 Å². The quantitative estimate of drug-likeness (QED) is 0.947. The molecule has 2 aromatic rings. The Kier molecular flexibility index (Phi) is 3.96. The van der Waals surface area contributed by atoms with E-state index in [0.717, 1.165) is 29.1 Å². The molecule has 0 bridgehead atoms. The Morgan fingerprint density at radius 3 is 3.09 bits per heavy atom. The van der Waals surface area contributed by atoms with Crippen molar-refractivity contribution in [2.45, 2.75) is 19.8 Å². The Balaban J connectivity index is 2.00. The number of amides is 1. The smallest absolute Gasteiger partial charge is 0.226 e. The first-order valence-corrected chi connectivity index (χ1v) is 7.41. The van der Waals surface area contributed by atoms with E-state index in [0.29, 0.717) is 13.0 Å². The number of hydrogen-bond acceptors (Lipinski definition) is 3. The number of benzene rings is 1. The Morgan fingerprint density at radius 1 is 1.50 bits per heavy atom. The molecular weight excluding hydrogens is 278 g/mol. The van der Waals surface area contributed by atoms with E-state index in [1.165, 1.54) is 5.57 Å². The van der Waals surface area contributed by atoms with Crippen LogP contribution in [0.3, 0.4) is 0 Å². The molecule has 0 saturated carbocycles. The maximum atomic E-state index is 11.9. The van der Waals surface area contributed by atoms with E-state index in [1.807, 2.05) is 25.1 Å². The van der Waals surface area contributed by atoms with Gasteiger partial charge in [0.1, 0.15) is 5.75 Å². The first-order valence-electron chi connectivity index (χ1n) is 7.41. The lowest BCUT2D eigenvalue weighted by Crippen LogP contribution is -2.25. The zero-order chi connectivity index (χ0) is 15.5. The second kappa shape index (κ2) is 6.05. The summed E-state index contributed by atoms with van der Waals surface area (Å²) in [6.07, 6.45) is 6.86. The summed E-state index contributed by atoms with van der Waals surface area (Å²) >= 11 is 0. The summed E-state index contributed by atoms with van der Waals surface area (Å²) in [6.45, 7) is 2.53. The van der Waals surface area contributed by atoms with E-state index in [-0.39, 0.29) is 5.91 Å². The fourth-order valence-corrected chi connectivity index (χ4v) is 2.57. The molecule has 1 amide bonds. The molecule has 5 heteroatoms. The lowest BCUT2D eigenvalue weighted by atomic mass is 9.98. The summed E-state index contributed by atoms with van der Waals surface area (Å²) in [5, 5.41) is 0. The molecule has 0 atom stereocenters. The lowest BCUT2D eigenvalue weighted by molar-refractivity contribution is -0.118. The highest BCUT2D eigenvalue weighted by Gasteiger charge is 2.18. The maximum Gasteiger partial charge on any atom is 0.226 e. The van der Waals surface area contributed by atoms with Gasteiger partial charge in [0.15, 0.2) is 0 Å². The molecule has 3 rings (SSSR count). The van der Waals surface area contributed by atoms with Crippen LogP contribution in [0.15, 0.2) is 30.7 Å². The van der Waals surface area contributed by atoms with Crippen molar-refractivity contribution in [3.05, 3.63) is 42.0 Å². The summed E-state index contributed by atoms with van der Waals surface area (Å²) < 4.78 is 5.72. The number of fused-ring (bicyclic) bond motifs is 1. The third kappa shape index (κ3) is 2.74. The summed E-state index contributed by atoms with van der Waals surface area (Å²) in [5.74, 6) is 0.953. The fraction of sp³-hybridized carbons (Fsp3) is 0.294. The summed E-state index contributed by atoms with van der Waals surface area (Å²) in [7, 11) is 1.80. The molecule has 0 aliphatic carbocycles. The Hall–Kier alpha value is -2.56. The van der Waals surface area contributed by atoms with Crippen LogP contribution in [0.2, 0.25) is 0 Å².